The first-order chi connectivity index (χ1) is 9.52. The number of aryl methyl sites for hydroxylation is 2. The third-order valence-electron chi connectivity index (χ3n) is 2.76. The van der Waals surface area contributed by atoms with Crippen molar-refractivity contribution in [3.8, 4) is 5.69 Å². The highest BCUT2D eigenvalue weighted by Crippen LogP contribution is 2.22. The lowest BCUT2D eigenvalue weighted by Crippen LogP contribution is -2.08. The van der Waals surface area contributed by atoms with Gasteiger partial charge in [0, 0.05) is 5.69 Å². The lowest BCUT2D eigenvalue weighted by atomic mass is 10.2. The van der Waals surface area contributed by atoms with Crippen LogP contribution in [0.1, 0.15) is 21.7 Å². The normalized spacial score (nSPS) is 10.3. The van der Waals surface area contributed by atoms with Gasteiger partial charge >= 0.3 is 5.97 Å². The first kappa shape index (κ1) is 14.3. The first-order valence-electron chi connectivity index (χ1n) is 6.14. The number of nitrogens with zero attached hydrogens (tertiary/aromatic N) is 2. The van der Waals surface area contributed by atoms with Gasteiger partial charge in [-0.05, 0) is 38.1 Å². The molecule has 0 atom stereocenters. The minimum absolute atomic E-state index is 0.152. The molecule has 0 saturated heterocycles. The SMILES string of the molecule is C=CCOC(=O)c1cc(-n2nc(C)cc2C)ccc1Cl. The van der Waals surface area contributed by atoms with Crippen LogP contribution >= 0.6 is 11.6 Å². The van der Waals surface area contributed by atoms with Crippen molar-refractivity contribution in [2.24, 2.45) is 0 Å². The molecule has 104 valence electrons. The van der Waals surface area contributed by atoms with Crippen molar-refractivity contribution in [2.75, 3.05) is 6.61 Å². The van der Waals surface area contributed by atoms with Crippen molar-refractivity contribution in [2.45, 2.75) is 13.8 Å². The number of aromatic nitrogens is 2. The van der Waals surface area contributed by atoms with Crippen LogP contribution in [0.5, 0.6) is 0 Å². The number of rotatable bonds is 4. The fraction of sp³-hybridized carbons (Fsp3) is 0.200. The molecule has 0 spiro atoms. The van der Waals surface area contributed by atoms with Gasteiger partial charge in [-0.2, -0.15) is 5.10 Å². The molecule has 4 nitrogen and oxygen atoms in total. The molecule has 0 fully saturated rings. The second-order valence-electron chi connectivity index (χ2n) is 4.39. The number of carbonyl (C=O) groups excluding carboxylic acids is 1. The molecule has 0 unspecified atom stereocenters. The van der Waals surface area contributed by atoms with Crippen LogP contribution in [0.3, 0.4) is 0 Å². The highest BCUT2D eigenvalue weighted by molar-refractivity contribution is 6.33. The summed E-state index contributed by atoms with van der Waals surface area (Å²) in [6.45, 7) is 7.52. The van der Waals surface area contributed by atoms with Crippen molar-refractivity contribution >= 4 is 17.6 Å². The molecular weight excluding hydrogens is 276 g/mol. The summed E-state index contributed by atoms with van der Waals surface area (Å²) in [6.07, 6.45) is 1.51. The molecule has 5 heteroatoms. The molecule has 0 bridgehead atoms. The average Bonchev–Trinajstić information content (AvgIpc) is 2.75. The fourth-order valence-corrected chi connectivity index (χ4v) is 2.10. The Labute approximate surface area is 122 Å². The summed E-state index contributed by atoms with van der Waals surface area (Å²) >= 11 is 6.05. The van der Waals surface area contributed by atoms with E-state index in [1.165, 1.54) is 6.08 Å². The van der Waals surface area contributed by atoms with E-state index in [0.29, 0.717) is 10.6 Å². The Hall–Kier alpha value is -2.07. The number of benzene rings is 1. The van der Waals surface area contributed by atoms with Gasteiger partial charge in [0.15, 0.2) is 0 Å². The molecule has 0 aliphatic heterocycles. The number of halogens is 1. The van der Waals surface area contributed by atoms with Gasteiger partial charge in [0.1, 0.15) is 6.61 Å². The van der Waals surface area contributed by atoms with Crippen molar-refractivity contribution < 1.29 is 9.53 Å². The molecule has 1 heterocycles. The number of esters is 1. The quantitative estimate of drug-likeness (QED) is 0.639. The second-order valence-corrected chi connectivity index (χ2v) is 4.80. The summed E-state index contributed by atoms with van der Waals surface area (Å²) in [7, 11) is 0. The summed E-state index contributed by atoms with van der Waals surface area (Å²) in [5.41, 5.74) is 2.98. The third-order valence-corrected chi connectivity index (χ3v) is 3.09. The van der Waals surface area contributed by atoms with E-state index >= 15 is 0 Å². The average molecular weight is 291 g/mol. The maximum Gasteiger partial charge on any atom is 0.340 e. The first-order valence-corrected chi connectivity index (χ1v) is 6.52. The Bertz CT molecular complexity index is 662. The molecule has 0 amide bonds. The smallest absolute Gasteiger partial charge is 0.340 e. The maximum atomic E-state index is 11.9. The topological polar surface area (TPSA) is 44.1 Å². The predicted octanol–water partition coefficient (Wildman–Crippen LogP) is 3.49. The summed E-state index contributed by atoms with van der Waals surface area (Å²) in [4.78, 5) is 11.9. The molecule has 0 saturated carbocycles. The van der Waals surface area contributed by atoms with Crippen LogP contribution in [0.2, 0.25) is 5.02 Å². The van der Waals surface area contributed by atoms with Crippen molar-refractivity contribution in [1.82, 2.24) is 9.78 Å². The molecule has 1 aromatic carbocycles. The van der Waals surface area contributed by atoms with Crippen molar-refractivity contribution in [3.63, 3.8) is 0 Å². The van der Waals surface area contributed by atoms with E-state index in [1.54, 1.807) is 16.8 Å². The molecule has 0 aliphatic rings. The molecule has 0 aliphatic carbocycles. The monoisotopic (exact) mass is 290 g/mol. The van der Waals surface area contributed by atoms with Gasteiger partial charge in [-0.3, -0.25) is 0 Å². The van der Waals surface area contributed by atoms with E-state index in [1.807, 2.05) is 26.0 Å². The number of hydrogen-bond acceptors (Lipinski definition) is 3. The fourth-order valence-electron chi connectivity index (χ4n) is 1.90. The summed E-state index contributed by atoms with van der Waals surface area (Å²) in [5.74, 6) is -0.474. The van der Waals surface area contributed by atoms with Gasteiger partial charge in [0.2, 0.25) is 0 Å². The van der Waals surface area contributed by atoms with Crippen LogP contribution in [0, 0.1) is 13.8 Å². The Balaban J connectivity index is 2.40. The van der Waals surface area contributed by atoms with Crippen LogP contribution in [-0.4, -0.2) is 22.4 Å². The summed E-state index contributed by atoms with van der Waals surface area (Å²) < 4.78 is 6.77. The molecule has 1 aromatic heterocycles. The third kappa shape index (κ3) is 2.91. The van der Waals surface area contributed by atoms with Crippen molar-refractivity contribution in [3.05, 3.63) is 58.9 Å². The largest absolute Gasteiger partial charge is 0.458 e. The van der Waals surface area contributed by atoms with Gasteiger partial charge in [-0.25, -0.2) is 9.48 Å². The van der Waals surface area contributed by atoms with E-state index in [0.717, 1.165) is 17.1 Å². The standard InChI is InChI=1S/C15H15ClN2O2/c1-4-7-20-15(19)13-9-12(5-6-14(13)16)18-11(3)8-10(2)17-18/h4-6,8-9H,1,7H2,2-3H3. The van der Waals surface area contributed by atoms with Crippen LogP contribution in [0.15, 0.2) is 36.9 Å². The van der Waals surface area contributed by atoms with Gasteiger partial charge < -0.3 is 4.74 Å². The molecule has 0 N–H and O–H groups in total. The molecule has 2 rings (SSSR count). The Kier molecular flexibility index (Phi) is 4.25. The van der Waals surface area contributed by atoms with Crippen LogP contribution < -0.4 is 0 Å². The predicted molar refractivity (Wildman–Crippen MR) is 78.5 cm³/mol. The Morgan fingerprint density at radius 1 is 1.45 bits per heavy atom. The van der Waals surface area contributed by atoms with Gasteiger partial charge in [-0.15, -0.1) is 0 Å². The number of carbonyl (C=O) groups is 1. The number of hydrogen-bond donors (Lipinski definition) is 0. The minimum Gasteiger partial charge on any atom is -0.458 e. The highest BCUT2D eigenvalue weighted by atomic mass is 35.5. The lowest BCUT2D eigenvalue weighted by molar-refractivity contribution is 0.0550. The van der Waals surface area contributed by atoms with Gasteiger partial charge in [-0.1, -0.05) is 24.3 Å². The molecular formula is C15H15ClN2O2. The van der Waals surface area contributed by atoms with E-state index in [2.05, 4.69) is 11.7 Å². The van der Waals surface area contributed by atoms with Gasteiger partial charge in [0.05, 0.1) is 22.0 Å². The summed E-state index contributed by atoms with van der Waals surface area (Å²) in [5, 5.41) is 4.73. The molecule has 0 radical (unpaired) electrons. The van der Waals surface area contributed by atoms with E-state index < -0.39 is 5.97 Å². The van der Waals surface area contributed by atoms with Crippen LogP contribution in [0.4, 0.5) is 0 Å². The summed E-state index contributed by atoms with van der Waals surface area (Å²) in [6, 6.07) is 7.11. The van der Waals surface area contributed by atoms with Crippen LogP contribution in [-0.2, 0) is 4.74 Å². The zero-order chi connectivity index (χ0) is 14.7. The zero-order valence-electron chi connectivity index (χ0n) is 11.4. The Morgan fingerprint density at radius 3 is 2.80 bits per heavy atom. The van der Waals surface area contributed by atoms with E-state index in [4.69, 9.17) is 16.3 Å². The maximum absolute atomic E-state index is 11.9. The molecule has 20 heavy (non-hydrogen) atoms. The van der Waals surface area contributed by atoms with Crippen LogP contribution in [0.25, 0.3) is 5.69 Å². The zero-order valence-corrected chi connectivity index (χ0v) is 12.1. The van der Waals surface area contributed by atoms with Crippen molar-refractivity contribution in [1.29, 1.82) is 0 Å². The minimum atomic E-state index is -0.474. The van der Waals surface area contributed by atoms with E-state index in [-0.39, 0.29) is 6.61 Å². The lowest BCUT2D eigenvalue weighted by Gasteiger charge is -2.08. The number of ether oxygens (including phenoxy) is 1. The van der Waals surface area contributed by atoms with Gasteiger partial charge in [0.25, 0.3) is 0 Å². The second kappa shape index (κ2) is 5.92. The molecule has 2 aromatic rings. The van der Waals surface area contributed by atoms with E-state index in [9.17, 15) is 4.79 Å². The highest BCUT2D eigenvalue weighted by Gasteiger charge is 2.14. The Morgan fingerprint density at radius 2 is 2.20 bits per heavy atom.